The van der Waals surface area contributed by atoms with Gasteiger partial charge in [-0.1, -0.05) is 12.1 Å². The normalized spacial score (nSPS) is 11.7. The average Bonchev–Trinajstić information content (AvgIpc) is 2.54. The minimum atomic E-state index is -0.636. The number of nitrogens with one attached hydrogen (secondary N) is 1. The van der Waals surface area contributed by atoms with Crippen molar-refractivity contribution in [2.75, 3.05) is 25.7 Å². The number of hydrogen-bond acceptors (Lipinski definition) is 5. The van der Waals surface area contributed by atoms with Gasteiger partial charge in [-0.3, -0.25) is 4.79 Å². The summed E-state index contributed by atoms with van der Waals surface area (Å²) in [4.78, 5) is 23.8. The molecule has 0 spiro atoms. The number of ether oxygens (including phenoxy) is 2. The molecule has 5 nitrogen and oxygen atoms in total. The summed E-state index contributed by atoms with van der Waals surface area (Å²) in [6, 6.07) is 3.35. The van der Waals surface area contributed by atoms with E-state index in [1.165, 1.54) is 7.11 Å². The molecule has 23 heavy (non-hydrogen) atoms. The van der Waals surface area contributed by atoms with Gasteiger partial charge in [-0.15, -0.1) is 0 Å². The Morgan fingerprint density at radius 3 is 2.48 bits per heavy atom. The Morgan fingerprint density at radius 2 is 1.87 bits per heavy atom. The quantitative estimate of drug-likeness (QED) is 0.737. The molecule has 0 saturated carbocycles. The van der Waals surface area contributed by atoms with Gasteiger partial charge in [0, 0.05) is 0 Å². The number of carbonyl (C=O) groups excluding carboxylic acids is 2. The maximum atomic E-state index is 12.1. The molecule has 1 aromatic rings. The molecule has 0 unspecified atom stereocenters. The highest BCUT2D eigenvalue weighted by Crippen LogP contribution is 2.25. The van der Waals surface area contributed by atoms with Crippen molar-refractivity contribution in [2.45, 2.75) is 33.2 Å². The molecule has 0 aliphatic rings. The summed E-state index contributed by atoms with van der Waals surface area (Å²) >= 11 is 1.61. The summed E-state index contributed by atoms with van der Waals surface area (Å²) in [5.74, 6) is 0.716. The van der Waals surface area contributed by atoms with E-state index in [4.69, 9.17) is 9.47 Å². The number of aryl methyl sites for hydroxylation is 2. The second-order valence-corrected chi connectivity index (χ2v) is 6.35. The van der Waals surface area contributed by atoms with E-state index in [1.807, 2.05) is 39.2 Å². The predicted molar refractivity (Wildman–Crippen MR) is 93.1 cm³/mol. The molecular formula is C17H25NO4S. The lowest BCUT2D eigenvalue weighted by atomic mass is 10.1. The van der Waals surface area contributed by atoms with Gasteiger partial charge in [0.25, 0.3) is 5.91 Å². The first-order valence-electron chi connectivity index (χ1n) is 7.46. The van der Waals surface area contributed by atoms with Crippen molar-refractivity contribution in [3.63, 3.8) is 0 Å². The first-order chi connectivity index (χ1) is 10.9. The van der Waals surface area contributed by atoms with Crippen LogP contribution in [-0.4, -0.2) is 43.6 Å². The van der Waals surface area contributed by atoms with E-state index in [-0.39, 0.29) is 12.5 Å². The summed E-state index contributed by atoms with van der Waals surface area (Å²) in [6.45, 7) is 5.77. The number of benzene rings is 1. The van der Waals surface area contributed by atoms with Crippen LogP contribution < -0.4 is 10.1 Å². The Morgan fingerprint density at radius 1 is 1.22 bits per heavy atom. The van der Waals surface area contributed by atoms with E-state index in [2.05, 4.69) is 5.32 Å². The van der Waals surface area contributed by atoms with Gasteiger partial charge in [-0.2, -0.15) is 11.8 Å². The van der Waals surface area contributed by atoms with E-state index in [1.54, 1.807) is 11.8 Å². The lowest BCUT2D eigenvalue weighted by Crippen LogP contribution is -2.44. The van der Waals surface area contributed by atoms with Gasteiger partial charge in [0.05, 0.1) is 7.11 Å². The molecule has 1 N–H and O–H groups in total. The third-order valence-corrected chi connectivity index (χ3v) is 4.30. The maximum Gasteiger partial charge on any atom is 0.328 e. The van der Waals surface area contributed by atoms with Gasteiger partial charge in [-0.05, 0) is 55.9 Å². The second-order valence-electron chi connectivity index (χ2n) is 5.37. The van der Waals surface area contributed by atoms with E-state index >= 15 is 0 Å². The minimum absolute atomic E-state index is 0.127. The monoisotopic (exact) mass is 339 g/mol. The number of carbonyl (C=O) groups is 2. The molecule has 0 bridgehead atoms. The van der Waals surface area contributed by atoms with Crippen LogP contribution in [0.15, 0.2) is 12.1 Å². The molecule has 0 aromatic heterocycles. The molecule has 1 rings (SSSR count). The lowest BCUT2D eigenvalue weighted by Gasteiger charge is -2.17. The Labute approximate surface area is 142 Å². The highest BCUT2D eigenvalue weighted by molar-refractivity contribution is 7.98. The molecule has 0 saturated heterocycles. The van der Waals surface area contributed by atoms with Crippen LogP contribution in [0.25, 0.3) is 0 Å². The summed E-state index contributed by atoms with van der Waals surface area (Å²) in [5, 5.41) is 2.67. The topological polar surface area (TPSA) is 64.6 Å². The van der Waals surface area contributed by atoms with E-state index < -0.39 is 12.0 Å². The largest absolute Gasteiger partial charge is 0.483 e. The van der Waals surface area contributed by atoms with Crippen molar-refractivity contribution in [1.82, 2.24) is 5.32 Å². The van der Waals surface area contributed by atoms with Crippen LogP contribution in [0.4, 0.5) is 0 Å². The van der Waals surface area contributed by atoms with Crippen LogP contribution in [0.1, 0.15) is 23.1 Å². The van der Waals surface area contributed by atoms with Crippen molar-refractivity contribution < 1.29 is 19.1 Å². The van der Waals surface area contributed by atoms with Crippen molar-refractivity contribution >= 4 is 23.6 Å². The van der Waals surface area contributed by atoms with E-state index in [0.29, 0.717) is 6.42 Å². The number of esters is 1. The van der Waals surface area contributed by atoms with Gasteiger partial charge < -0.3 is 14.8 Å². The number of methoxy groups -OCH3 is 1. The number of amides is 1. The average molecular weight is 339 g/mol. The predicted octanol–water partition coefficient (Wildman–Crippen LogP) is 2.40. The molecule has 0 aliphatic heterocycles. The first kappa shape index (κ1) is 19.4. The summed E-state index contributed by atoms with van der Waals surface area (Å²) in [7, 11) is 1.32. The van der Waals surface area contributed by atoms with Crippen LogP contribution >= 0.6 is 11.8 Å². The molecule has 6 heteroatoms. The van der Waals surface area contributed by atoms with Crippen molar-refractivity contribution in [1.29, 1.82) is 0 Å². The standard InChI is InChI=1S/C17H25NO4S/c1-11-6-7-12(2)16(13(11)3)22-10-15(19)18-14(8-9-23-5)17(20)21-4/h6-7,14H,8-10H2,1-5H3,(H,18,19)/t14-/m1/s1. The lowest BCUT2D eigenvalue weighted by molar-refractivity contribution is -0.145. The fourth-order valence-corrected chi connectivity index (χ4v) is 2.62. The maximum absolute atomic E-state index is 12.1. The Kier molecular flexibility index (Phi) is 7.95. The van der Waals surface area contributed by atoms with Crippen LogP contribution in [0, 0.1) is 20.8 Å². The minimum Gasteiger partial charge on any atom is -0.483 e. The summed E-state index contributed by atoms with van der Waals surface area (Å²) in [6.07, 6.45) is 2.48. The molecule has 128 valence electrons. The van der Waals surface area contributed by atoms with Crippen molar-refractivity contribution in [3.8, 4) is 5.75 Å². The molecule has 0 radical (unpaired) electrons. The molecular weight excluding hydrogens is 314 g/mol. The highest BCUT2D eigenvalue weighted by atomic mass is 32.2. The molecule has 0 aliphatic carbocycles. The Balaban J connectivity index is 2.65. The van der Waals surface area contributed by atoms with Crippen LogP contribution in [-0.2, 0) is 14.3 Å². The zero-order valence-corrected chi connectivity index (χ0v) is 15.2. The zero-order valence-electron chi connectivity index (χ0n) is 14.4. The molecule has 1 atom stereocenters. The van der Waals surface area contributed by atoms with Crippen molar-refractivity contribution in [2.24, 2.45) is 0 Å². The van der Waals surface area contributed by atoms with Crippen LogP contribution in [0.5, 0.6) is 5.75 Å². The molecule has 0 heterocycles. The van der Waals surface area contributed by atoms with Gasteiger partial charge >= 0.3 is 5.97 Å². The SMILES string of the molecule is COC(=O)[C@@H](CCSC)NC(=O)COc1c(C)ccc(C)c1C. The van der Waals surface area contributed by atoms with Crippen LogP contribution in [0.2, 0.25) is 0 Å². The van der Waals surface area contributed by atoms with Gasteiger partial charge in [0.15, 0.2) is 6.61 Å². The zero-order chi connectivity index (χ0) is 17.4. The second kappa shape index (κ2) is 9.45. The van der Waals surface area contributed by atoms with E-state index in [9.17, 15) is 9.59 Å². The molecule has 1 aromatic carbocycles. The van der Waals surface area contributed by atoms with Gasteiger partial charge in [0.2, 0.25) is 0 Å². The first-order valence-corrected chi connectivity index (χ1v) is 8.85. The fourth-order valence-electron chi connectivity index (χ4n) is 2.15. The van der Waals surface area contributed by atoms with Gasteiger partial charge in [0.1, 0.15) is 11.8 Å². The Hall–Kier alpha value is -1.69. The van der Waals surface area contributed by atoms with Gasteiger partial charge in [-0.25, -0.2) is 4.79 Å². The summed E-state index contributed by atoms with van der Waals surface area (Å²) in [5.41, 5.74) is 3.11. The molecule has 1 amide bonds. The highest BCUT2D eigenvalue weighted by Gasteiger charge is 2.21. The van der Waals surface area contributed by atoms with E-state index in [0.717, 1.165) is 28.2 Å². The third-order valence-electron chi connectivity index (χ3n) is 3.65. The summed E-state index contributed by atoms with van der Waals surface area (Å²) < 4.78 is 10.4. The Bertz CT molecular complexity index is 560. The number of hydrogen-bond donors (Lipinski definition) is 1. The van der Waals surface area contributed by atoms with Crippen LogP contribution in [0.3, 0.4) is 0 Å². The number of rotatable bonds is 8. The van der Waals surface area contributed by atoms with Crippen molar-refractivity contribution in [3.05, 3.63) is 28.8 Å². The molecule has 0 fully saturated rings. The smallest absolute Gasteiger partial charge is 0.328 e. The third kappa shape index (κ3) is 5.78. The fraction of sp³-hybridized carbons (Fsp3) is 0.529. The number of thioether (sulfide) groups is 1.